The molecule has 0 aromatic heterocycles. The number of rotatable bonds is 14. The molecule has 2 unspecified atom stereocenters. The number of carbonyl (C=O) groups is 4. The number of carboxylic acids is 1. The van der Waals surface area contributed by atoms with E-state index in [9.17, 15) is 19.2 Å². The van der Waals surface area contributed by atoms with E-state index in [1.807, 2.05) is 66.7 Å². The highest BCUT2D eigenvalue weighted by molar-refractivity contribution is 5.89. The Hall–Kier alpha value is -6.22. The third-order valence-electron chi connectivity index (χ3n) is 8.16. The second-order valence-electron chi connectivity index (χ2n) is 13.5. The van der Waals surface area contributed by atoms with Crippen molar-refractivity contribution in [1.29, 1.82) is 0 Å². The second-order valence-corrected chi connectivity index (χ2v) is 13.5. The number of hydrogen-bond acceptors (Lipinski definition) is 7. The van der Waals surface area contributed by atoms with Crippen LogP contribution in [0.2, 0.25) is 0 Å². The van der Waals surface area contributed by atoms with Crippen molar-refractivity contribution in [2.75, 3.05) is 6.54 Å². The fourth-order valence-corrected chi connectivity index (χ4v) is 5.44. The molecule has 1 amide bonds. The molecule has 0 saturated carbocycles. The van der Waals surface area contributed by atoms with Gasteiger partial charge in [-0.15, -0.1) is 0 Å². The number of aryl methyl sites for hydroxylation is 1. The van der Waals surface area contributed by atoms with Gasteiger partial charge in [-0.25, -0.2) is 14.4 Å². The van der Waals surface area contributed by atoms with Crippen molar-refractivity contribution >= 4 is 24.0 Å². The molecule has 0 aliphatic carbocycles. The van der Waals surface area contributed by atoms with E-state index in [-0.39, 0.29) is 19.6 Å². The predicted molar refractivity (Wildman–Crippen MR) is 208 cm³/mol. The van der Waals surface area contributed by atoms with Gasteiger partial charge in [0.05, 0.1) is 17.0 Å². The van der Waals surface area contributed by atoms with Crippen LogP contribution in [0.3, 0.4) is 0 Å². The Labute approximate surface area is 316 Å². The smallest absolute Gasteiger partial charge is 0.407 e. The molecule has 0 aliphatic rings. The lowest BCUT2D eigenvalue weighted by Gasteiger charge is -2.29. The summed E-state index contributed by atoms with van der Waals surface area (Å²) < 4.78 is 17.1. The van der Waals surface area contributed by atoms with Crippen LogP contribution in [-0.2, 0) is 32.0 Å². The van der Waals surface area contributed by atoms with Crippen LogP contribution in [0.4, 0.5) is 4.79 Å². The van der Waals surface area contributed by atoms with Crippen molar-refractivity contribution in [1.82, 2.24) is 5.32 Å². The Morgan fingerprint density at radius 2 is 1.15 bits per heavy atom. The minimum absolute atomic E-state index is 0.128. The highest BCUT2D eigenvalue weighted by atomic mass is 16.6. The quantitative estimate of drug-likeness (QED) is 0.0856. The Balaban J connectivity index is 0.000000631. The molecule has 2 N–H and O–H groups in total. The number of carboxylic acid groups (broad SMARTS) is 1. The van der Waals surface area contributed by atoms with Crippen LogP contribution in [0.15, 0.2) is 146 Å². The predicted octanol–water partition coefficient (Wildman–Crippen LogP) is 9.17. The van der Waals surface area contributed by atoms with Crippen LogP contribution < -0.4 is 5.32 Å². The molecule has 0 heterocycles. The van der Waals surface area contributed by atoms with E-state index < -0.39 is 41.6 Å². The number of esters is 2. The molecule has 5 aromatic carbocycles. The lowest BCUT2D eigenvalue weighted by atomic mass is 9.92. The molecule has 0 radical (unpaired) electrons. The molecule has 2 atom stereocenters. The van der Waals surface area contributed by atoms with E-state index in [1.54, 1.807) is 75.4 Å². The summed E-state index contributed by atoms with van der Waals surface area (Å²) >= 11 is 0. The number of benzene rings is 5. The van der Waals surface area contributed by atoms with E-state index in [4.69, 9.17) is 19.3 Å². The molecular weight excluding hydrogens is 682 g/mol. The summed E-state index contributed by atoms with van der Waals surface area (Å²) in [6, 6.07) is 44.7. The summed E-state index contributed by atoms with van der Waals surface area (Å²) in [5.41, 5.74) is 4.10. The van der Waals surface area contributed by atoms with Gasteiger partial charge < -0.3 is 24.6 Å². The Morgan fingerprint density at radius 3 is 1.69 bits per heavy atom. The number of nitrogens with one attached hydrogen (secondary N) is 1. The van der Waals surface area contributed by atoms with Crippen LogP contribution in [0.5, 0.6) is 0 Å². The van der Waals surface area contributed by atoms with E-state index in [0.717, 1.165) is 22.3 Å². The Morgan fingerprint density at radius 1 is 0.630 bits per heavy atom. The van der Waals surface area contributed by atoms with Crippen molar-refractivity contribution in [3.63, 3.8) is 0 Å². The molecule has 0 spiro atoms. The van der Waals surface area contributed by atoms with Gasteiger partial charge in [0, 0.05) is 6.54 Å². The number of hydrogen-bond donors (Lipinski definition) is 2. The van der Waals surface area contributed by atoms with Gasteiger partial charge in [0.25, 0.3) is 0 Å². The van der Waals surface area contributed by atoms with Gasteiger partial charge in [-0.2, -0.15) is 0 Å². The Bertz CT molecular complexity index is 1890. The maximum atomic E-state index is 13.6. The zero-order valence-electron chi connectivity index (χ0n) is 30.9. The lowest BCUT2D eigenvalue weighted by molar-refractivity contribution is -0.164. The molecule has 0 saturated heterocycles. The zero-order valence-corrected chi connectivity index (χ0v) is 30.9. The van der Waals surface area contributed by atoms with Gasteiger partial charge in [-0.3, -0.25) is 4.79 Å². The van der Waals surface area contributed by atoms with Gasteiger partial charge >= 0.3 is 24.0 Å². The highest BCUT2D eigenvalue weighted by Gasteiger charge is 2.35. The largest absolute Gasteiger partial charge is 0.478 e. The maximum Gasteiger partial charge on any atom is 0.407 e. The molecule has 280 valence electrons. The van der Waals surface area contributed by atoms with Gasteiger partial charge in [-0.05, 0) is 86.6 Å². The number of ether oxygens (including phenoxy) is 3. The van der Waals surface area contributed by atoms with Crippen molar-refractivity contribution < 1.29 is 38.5 Å². The fraction of sp³-hybridized carbons (Fsp3) is 0.244. The van der Waals surface area contributed by atoms with Crippen LogP contribution >= 0.6 is 0 Å². The first-order valence-electron chi connectivity index (χ1n) is 17.8. The number of aromatic carboxylic acids is 1. The van der Waals surface area contributed by atoms with Crippen molar-refractivity contribution in [2.45, 2.75) is 58.3 Å². The van der Waals surface area contributed by atoms with Gasteiger partial charge in [-0.1, -0.05) is 121 Å². The monoisotopic (exact) mass is 729 g/mol. The average molecular weight is 730 g/mol. The molecule has 54 heavy (non-hydrogen) atoms. The third-order valence-corrected chi connectivity index (χ3v) is 8.16. The first kappa shape index (κ1) is 40.5. The molecule has 9 heteroatoms. The topological polar surface area (TPSA) is 128 Å². The molecule has 5 aromatic rings. The van der Waals surface area contributed by atoms with E-state index in [2.05, 4.69) is 29.6 Å². The van der Waals surface area contributed by atoms with Crippen LogP contribution in [0.1, 0.15) is 65.5 Å². The molecule has 0 fully saturated rings. The maximum absolute atomic E-state index is 13.6. The third kappa shape index (κ3) is 14.1. The first-order valence-corrected chi connectivity index (χ1v) is 17.8. The molecule has 9 nitrogen and oxygen atoms in total. The highest BCUT2D eigenvalue weighted by Crippen LogP contribution is 2.25. The van der Waals surface area contributed by atoms with E-state index in [0.29, 0.717) is 24.0 Å². The van der Waals surface area contributed by atoms with Crippen LogP contribution in [0, 0.1) is 5.92 Å². The molecule has 5 rings (SSSR count). The van der Waals surface area contributed by atoms with Gasteiger partial charge in [0.2, 0.25) is 0 Å². The molecule has 0 bridgehead atoms. The number of carbonyl (C=O) groups excluding carboxylic acids is 3. The lowest BCUT2D eigenvalue weighted by Crippen LogP contribution is -2.40. The van der Waals surface area contributed by atoms with Crippen molar-refractivity contribution in [2.24, 2.45) is 5.92 Å². The summed E-state index contributed by atoms with van der Waals surface area (Å²) in [5.74, 6) is -2.72. The minimum Gasteiger partial charge on any atom is -0.478 e. The summed E-state index contributed by atoms with van der Waals surface area (Å²) in [6.07, 6.45) is -0.268. The number of amides is 1. The first-order chi connectivity index (χ1) is 26.0. The summed E-state index contributed by atoms with van der Waals surface area (Å²) in [5, 5.41) is 11.1. The number of alkyl carbamates (subject to hydrolysis) is 1. The van der Waals surface area contributed by atoms with Crippen LogP contribution in [0.25, 0.3) is 11.1 Å². The van der Waals surface area contributed by atoms with E-state index >= 15 is 0 Å². The SMILES string of the molecule is CC(C)(C)OC(=O)C(CCNC(=O)OCc1ccccc1)C(CCc1ccc(-c2ccccc2)cc1)OC(=O)c1ccccc1.O=C(O)c1ccccc1. The summed E-state index contributed by atoms with van der Waals surface area (Å²) in [7, 11) is 0. The van der Waals surface area contributed by atoms with Gasteiger partial charge in [0.1, 0.15) is 18.3 Å². The minimum atomic E-state index is -0.879. The summed E-state index contributed by atoms with van der Waals surface area (Å²) in [6.45, 7) is 5.63. The Kier molecular flexibility index (Phi) is 15.6. The normalized spacial score (nSPS) is 11.8. The van der Waals surface area contributed by atoms with Gasteiger partial charge in [0.15, 0.2) is 0 Å². The second kappa shape index (κ2) is 20.7. The summed E-state index contributed by atoms with van der Waals surface area (Å²) in [4.78, 5) is 49.4. The van der Waals surface area contributed by atoms with Crippen LogP contribution in [-0.4, -0.2) is 47.4 Å². The standard InChI is InChI=1S/C38H41NO6.C7H6O2/c1-38(2,3)45-36(41)33(25-26-39-37(42)43-27-29-13-7-4-8-14-29)34(44-35(40)32-17-11-6-12-18-32)24-21-28-19-22-31(23-20-28)30-15-9-5-10-16-30;8-7(9)6-4-2-1-3-5-6/h4-20,22-23,33-34H,21,24-27H2,1-3H3,(H,39,42);1-5H,(H,8,9). The molecular formula is C45H47NO8. The fourth-order valence-electron chi connectivity index (χ4n) is 5.44. The van der Waals surface area contributed by atoms with Crippen molar-refractivity contribution in [3.8, 4) is 11.1 Å². The average Bonchev–Trinajstić information content (AvgIpc) is 3.18. The van der Waals surface area contributed by atoms with Crippen molar-refractivity contribution in [3.05, 3.63) is 168 Å². The van der Waals surface area contributed by atoms with E-state index in [1.165, 1.54) is 0 Å². The zero-order chi connectivity index (χ0) is 38.8. The molecule has 0 aliphatic heterocycles.